The largest absolute Gasteiger partial charge is 0.465 e. The number of nitrogens with zero attached hydrogens (tertiary/aromatic N) is 7. The quantitative estimate of drug-likeness (QED) is 0.457. The first-order valence-corrected chi connectivity index (χ1v) is 14.6. The number of rotatable bonds is 6. The maximum atomic E-state index is 11.8. The Morgan fingerprint density at radius 1 is 1.12 bits per heavy atom. The molecule has 6 rings (SSSR count). The van der Waals surface area contributed by atoms with Crippen LogP contribution in [0.1, 0.15) is 30.5 Å². The predicted molar refractivity (Wildman–Crippen MR) is 158 cm³/mol. The summed E-state index contributed by atoms with van der Waals surface area (Å²) in [5.41, 5.74) is 3.02. The summed E-state index contributed by atoms with van der Waals surface area (Å²) >= 11 is 6.67. The van der Waals surface area contributed by atoms with Gasteiger partial charge in [-0.05, 0) is 50.4 Å². The van der Waals surface area contributed by atoms with Gasteiger partial charge in [-0.1, -0.05) is 35.9 Å². The first-order valence-electron chi connectivity index (χ1n) is 14.2. The number of carboxylic acid groups (broad SMARTS) is 1. The van der Waals surface area contributed by atoms with Gasteiger partial charge in [0.2, 0.25) is 0 Å². The third-order valence-electron chi connectivity index (χ3n) is 8.63. The van der Waals surface area contributed by atoms with E-state index in [-0.39, 0.29) is 6.42 Å². The zero-order chi connectivity index (χ0) is 28.5. The molecule has 2 saturated heterocycles. The van der Waals surface area contributed by atoms with E-state index < -0.39 is 12.1 Å². The summed E-state index contributed by atoms with van der Waals surface area (Å²) in [6, 6.07) is 14.6. The van der Waals surface area contributed by atoms with E-state index in [0.717, 1.165) is 70.9 Å². The number of carbonyl (C=O) groups is 1. The molecule has 41 heavy (non-hydrogen) atoms. The Hall–Kier alpha value is -3.81. The van der Waals surface area contributed by atoms with Gasteiger partial charge in [0.05, 0.1) is 35.8 Å². The number of piperazine rings is 1. The van der Waals surface area contributed by atoms with Gasteiger partial charge in [-0.25, -0.2) is 4.79 Å². The minimum Gasteiger partial charge on any atom is -0.465 e. The molecule has 3 aromatic rings. The molecule has 0 saturated carbocycles. The minimum atomic E-state index is -0.997. The lowest BCUT2D eigenvalue weighted by molar-refractivity contribution is 0.119. The van der Waals surface area contributed by atoms with Gasteiger partial charge in [0.25, 0.3) is 0 Å². The topological polar surface area (TPSA) is 109 Å². The molecular weight excluding hydrogens is 542 g/mol. The number of aromatic nitrogens is 2. The first kappa shape index (κ1) is 27.4. The summed E-state index contributed by atoms with van der Waals surface area (Å²) in [6.07, 6.45) is 2.08. The number of anilines is 2. The van der Waals surface area contributed by atoms with Crippen molar-refractivity contribution in [3.63, 3.8) is 0 Å². The van der Waals surface area contributed by atoms with Gasteiger partial charge in [-0.2, -0.15) is 15.2 Å². The van der Waals surface area contributed by atoms with E-state index in [4.69, 9.17) is 26.3 Å². The summed E-state index contributed by atoms with van der Waals surface area (Å²) in [7, 11) is 2.12. The lowest BCUT2D eigenvalue weighted by Crippen LogP contribution is -2.55. The SMILES string of the molecule is CN1CCCC1COc1nc2c(c(N3CCN(C(=O)O)C(CC#N)C3)n1)CCN(c1cccc3cccc(Cl)c13)C2. The van der Waals surface area contributed by atoms with Gasteiger partial charge in [0.15, 0.2) is 0 Å². The van der Waals surface area contributed by atoms with Crippen molar-refractivity contribution >= 4 is 40.0 Å². The molecule has 11 heteroatoms. The maximum Gasteiger partial charge on any atom is 0.407 e. The number of amides is 1. The predicted octanol–water partition coefficient (Wildman–Crippen LogP) is 4.40. The van der Waals surface area contributed by atoms with Crippen molar-refractivity contribution in [2.45, 2.75) is 44.3 Å². The van der Waals surface area contributed by atoms with E-state index in [1.807, 2.05) is 12.1 Å². The van der Waals surface area contributed by atoms with Crippen LogP contribution in [0.2, 0.25) is 5.02 Å². The van der Waals surface area contributed by atoms with Crippen LogP contribution in [0.25, 0.3) is 10.8 Å². The Morgan fingerprint density at radius 2 is 1.95 bits per heavy atom. The number of hydrogen-bond acceptors (Lipinski definition) is 8. The number of likely N-dealkylation sites (tertiary alicyclic amines) is 1. The van der Waals surface area contributed by atoms with Crippen LogP contribution in [-0.2, 0) is 13.0 Å². The second-order valence-electron chi connectivity index (χ2n) is 11.1. The Labute approximate surface area is 244 Å². The molecule has 1 N–H and O–H groups in total. The normalized spacial score (nSPS) is 21.1. The van der Waals surface area contributed by atoms with Crippen LogP contribution in [0.15, 0.2) is 36.4 Å². The third-order valence-corrected chi connectivity index (χ3v) is 8.94. The molecule has 2 atom stereocenters. The van der Waals surface area contributed by atoms with E-state index >= 15 is 0 Å². The van der Waals surface area contributed by atoms with Crippen LogP contribution < -0.4 is 14.5 Å². The second-order valence-corrected chi connectivity index (χ2v) is 11.5. The highest BCUT2D eigenvalue weighted by atomic mass is 35.5. The molecule has 0 spiro atoms. The van der Waals surface area contributed by atoms with Gasteiger partial charge < -0.3 is 29.4 Å². The van der Waals surface area contributed by atoms with E-state index in [0.29, 0.717) is 44.8 Å². The monoisotopic (exact) mass is 575 g/mol. The summed E-state index contributed by atoms with van der Waals surface area (Å²) in [5.74, 6) is 0.786. The van der Waals surface area contributed by atoms with Gasteiger partial charge >= 0.3 is 12.1 Å². The molecule has 2 aromatic carbocycles. The van der Waals surface area contributed by atoms with E-state index in [2.05, 4.69) is 52.1 Å². The molecule has 4 heterocycles. The van der Waals surface area contributed by atoms with Crippen molar-refractivity contribution in [3.05, 3.63) is 52.7 Å². The number of ether oxygens (including phenoxy) is 1. The molecule has 0 aliphatic carbocycles. The Morgan fingerprint density at radius 3 is 2.71 bits per heavy atom. The van der Waals surface area contributed by atoms with Crippen molar-refractivity contribution in [2.75, 3.05) is 56.2 Å². The van der Waals surface area contributed by atoms with Crippen LogP contribution in [0.5, 0.6) is 6.01 Å². The highest BCUT2D eigenvalue weighted by molar-refractivity contribution is 6.36. The van der Waals surface area contributed by atoms with Gasteiger partial charge in [-0.3, -0.25) is 0 Å². The number of hydrogen-bond donors (Lipinski definition) is 1. The Kier molecular flexibility index (Phi) is 7.73. The third kappa shape index (κ3) is 5.44. The molecular formula is C30H34ClN7O3. The Balaban J connectivity index is 1.34. The molecule has 3 aliphatic heterocycles. The van der Waals surface area contributed by atoms with Gasteiger partial charge in [-0.15, -0.1) is 0 Å². The van der Waals surface area contributed by atoms with E-state index in [9.17, 15) is 15.2 Å². The average Bonchev–Trinajstić information content (AvgIpc) is 3.39. The van der Waals surface area contributed by atoms with Crippen LogP contribution in [0.4, 0.5) is 16.3 Å². The average molecular weight is 576 g/mol. The van der Waals surface area contributed by atoms with Crippen molar-refractivity contribution < 1.29 is 14.6 Å². The standard InChI is InChI=1S/C30H34ClN7O3/c1-35-13-4-7-22(35)19-41-29-33-25-18-36(26-9-3-6-20-5-2-8-24(31)27(20)26)14-11-23(25)28(34-29)37-15-16-38(30(39)40)21(17-37)10-12-32/h2-3,5-6,8-9,21-22H,4,7,10-11,13-19H2,1H3,(H,39,40). The van der Waals surface area contributed by atoms with Crippen LogP contribution in [0, 0.1) is 11.3 Å². The lowest BCUT2D eigenvalue weighted by Gasteiger charge is -2.41. The second kappa shape index (κ2) is 11.6. The van der Waals surface area contributed by atoms with Crippen LogP contribution in [0.3, 0.4) is 0 Å². The maximum absolute atomic E-state index is 11.8. The molecule has 10 nitrogen and oxygen atoms in total. The smallest absolute Gasteiger partial charge is 0.407 e. The van der Waals surface area contributed by atoms with Crippen LogP contribution in [-0.4, -0.2) is 89.4 Å². The zero-order valence-corrected chi connectivity index (χ0v) is 23.9. The molecule has 0 radical (unpaired) electrons. The molecule has 2 unspecified atom stereocenters. The summed E-state index contributed by atoms with van der Waals surface area (Å²) in [4.78, 5) is 29.8. The number of nitriles is 1. The molecule has 3 aliphatic rings. The number of likely N-dealkylation sites (N-methyl/N-ethyl adjacent to an activating group) is 1. The molecule has 1 aromatic heterocycles. The first-order chi connectivity index (χ1) is 19.9. The molecule has 2 fully saturated rings. The summed E-state index contributed by atoms with van der Waals surface area (Å²) in [5, 5.41) is 21.9. The van der Waals surface area contributed by atoms with Crippen molar-refractivity contribution in [1.29, 1.82) is 5.26 Å². The molecule has 0 bridgehead atoms. The summed E-state index contributed by atoms with van der Waals surface area (Å²) < 4.78 is 6.23. The van der Waals surface area contributed by atoms with Crippen molar-refractivity contribution in [3.8, 4) is 12.1 Å². The molecule has 214 valence electrons. The minimum absolute atomic E-state index is 0.128. The number of halogens is 1. The molecule has 1 amide bonds. The highest BCUT2D eigenvalue weighted by Gasteiger charge is 2.34. The van der Waals surface area contributed by atoms with Gasteiger partial charge in [0.1, 0.15) is 12.4 Å². The lowest BCUT2D eigenvalue weighted by atomic mass is 10.0. The fraction of sp³-hybridized carbons (Fsp3) is 0.467. The zero-order valence-electron chi connectivity index (χ0n) is 23.2. The van der Waals surface area contributed by atoms with Crippen molar-refractivity contribution in [1.82, 2.24) is 19.8 Å². The van der Waals surface area contributed by atoms with Gasteiger partial charge in [0, 0.05) is 48.9 Å². The highest BCUT2D eigenvalue weighted by Crippen LogP contribution is 2.37. The Bertz CT molecular complexity index is 1490. The fourth-order valence-electron chi connectivity index (χ4n) is 6.40. The fourth-order valence-corrected chi connectivity index (χ4v) is 6.68. The van der Waals surface area contributed by atoms with Crippen LogP contribution >= 0.6 is 11.6 Å². The number of fused-ring (bicyclic) bond motifs is 2. The van der Waals surface area contributed by atoms with E-state index in [1.54, 1.807) is 0 Å². The van der Waals surface area contributed by atoms with Crippen molar-refractivity contribution in [2.24, 2.45) is 0 Å². The van der Waals surface area contributed by atoms with E-state index in [1.165, 1.54) is 4.90 Å². The summed E-state index contributed by atoms with van der Waals surface area (Å²) in [6.45, 7) is 4.11. The number of benzene rings is 2.